The van der Waals surface area contributed by atoms with Crippen molar-refractivity contribution < 1.29 is 9.53 Å². The normalized spacial score (nSPS) is 13.8. The van der Waals surface area contributed by atoms with E-state index in [2.05, 4.69) is 20.2 Å². The molecule has 1 saturated heterocycles. The molecule has 4 rings (SSSR count). The first-order chi connectivity index (χ1) is 13.7. The van der Waals surface area contributed by atoms with Crippen LogP contribution in [0.15, 0.2) is 61.2 Å². The quantitative estimate of drug-likeness (QED) is 0.683. The van der Waals surface area contributed by atoms with Crippen molar-refractivity contribution in [1.82, 2.24) is 19.9 Å². The van der Waals surface area contributed by atoms with E-state index in [1.807, 2.05) is 47.2 Å². The van der Waals surface area contributed by atoms with Crippen molar-refractivity contribution in [2.75, 3.05) is 31.6 Å². The van der Waals surface area contributed by atoms with Gasteiger partial charge in [-0.2, -0.15) is 0 Å². The van der Waals surface area contributed by atoms with Crippen LogP contribution in [0.5, 0.6) is 5.75 Å². The number of nitrogens with zero attached hydrogens (tertiary/aromatic N) is 4. The van der Waals surface area contributed by atoms with Gasteiger partial charge in [0, 0.05) is 62.6 Å². The number of benzene rings is 1. The summed E-state index contributed by atoms with van der Waals surface area (Å²) in [6, 6.07) is 11.8. The van der Waals surface area contributed by atoms with Crippen molar-refractivity contribution in [2.24, 2.45) is 5.92 Å². The third kappa shape index (κ3) is 3.98. The predicted octanol–water partition coefficient (Wildman–Crippen LogP) is 2.20. The fraction of sp³-hybridized carbons (Fsp3) is 0.286. The van der Waals surface area contributed by atoms with Gasteiger partial charge in [-0.15, -0.1) is 0 Å². The minimum Gasteiger partial charge on any atom is -0.497 e. The molecule has 0 atom stereocenters. The van der Waals surface area contributed by atoms with Gasteiger partial charge < -0.3 is 19.5 Å². The van der Waals surface area contributed by atoms with E-state index in [4.69, 9.17) is 4.74 Å². The molecule has 0 aliphatic carbocycles. The molecule has 3 aromatic rings. The van der Waals surface area contributed by atoms with Crippen molar-refractivity contribution in [1.29, 1.82) is 0 Å². The highest BCUT2D eigenvalue weighted by molar-refractivity contribution is 5.90. The molecule has 3 heterocycles. The summed E-state index contributed by atoms with van der Waals surface area (Å²) in [6.45, 7) is 3.08. The summed E-state index contributed by atoms with van der Waals surface area (Å²) < 4.78 is 7.12. The van der Waals surface area contributed by atoms with Crippen LogP contribution in [0.3, 0.4) is 0 Å². The lowest BCUT2D eigenvalue weighted by atomic mass is 9.99. The van der Waals surface area contributed by atoms with Crippen LogP contribution in [0.1, 0.15) is 16.2 Å². The number of imidazole rings is 1. The number of carbonyl (C=O) groups excluding carboxylic acids is 1. The lowest BCUT2D eigenvalue weighted by Crippen LogP contribution is -2.51. The molecule has 1 aromatic carbocycles. The first-order valence-electron chi connectivity index (χ1n) is 9.30. The zero-order chi connectivity index (χ0) is 19.3. The van der Waals surface area contributed by atoms with E-state index in [9.17, 15) is 4.79 Å². The molecule has 1 aliphatic heterocycles. The molecular formula is C21H23N5O2. The second-order valence-corrected chi connectivity index (χ2v) is 6.92. The second-order valence-electron chi connectivity index (χ2n) is 6.92. The molecule has 1 aliphatic rings. The fourth-order valence-electron chi connectivity index (χ4n) is 3.39. The number of aromatic nitrogens is 3. The molecular weight excluding hydrogens is 354 g/mol. The summed E-state index contributed by atoms with van der Waals surface area (Å²) in [5.74, 6) is 1.52. The maximum Gasteiger partial charge on any atom is 0.287 e. The molecule has 0 spiro atoms. The Hall–Kier alpha value is -3.35. The Labute approximate surface area is 164 Å². The van der Waals surface area contributed by atoms with Crippen LogP contribution in [0, 0.1) is 5.92 Å². The average Bonchev–Trinajstić information content (AvgIpc) is 3.15. The standard InChI is InChI=1S/C21H23N5O2/c1-28-19-4-2-3-16(11-19)13-25-10-9-23-20(25)21(27)24-12-17-14-26(15-17)18-5-7-22-8-6-18/h2-11,17H,12-15H2,1H3,(H,24,27). The third-order valence-corrected chi connectivity index (χ3v) is 4.94. The van der Waals surface area contributed by atoms with E-state index in [-0.39, 0.29) is 5.91 Å². The van der Waals surface area contributed by atoms with Gasteiger partial charge >= 0.3 is 0 Å². The van der Waals surface area contributed by atoms with Gasteiger partial charge in [-0.05, 0) is 29.8 Å². The van der Waals surface area contributed by atoms with Crippen molar-refractivity contribution >= 4 is 11.6 Å². The first-order valence-corrected chi connectivity index (χ1v) is 9.30. The van der Waals surface area contributed by atoms with Crippen molar-refractivity contribution in [3.05, 3.63) is 72.6 Å². The van der Waals surface area contributed by atoms with E-state index >= 15 is 0 Å². The van der Waals surface area contributed by atoms with E-state index in [1.165, 1.54) is 5.69 Å². The number of ether oxygens (including phenoxy) is 1. The monoisotopic (exact) mass is 377 g/mol. The summed E-state index contributed by atoms with van der Waals surface area (Å²) in [7, 11) is 1.64. The van der Waals surface area contributed by atoms with Crippen molar-refractivity contribution in [2.45, 2.75) is 6.54 Å². The maximum atomic E-state index is 12.6. The lowest BCUT2D eigenvalue weighted by molar-refractivity contribution is 0.0930. The van der Waals surface area contributed by atoms with Gasteiger partial charge in [0.05, 0.1) is 7.11 Å². The average molecular weight is 377 g/mol. The van der Waals surface area contributed by atoms with Crippen LogP contribution in [0.4, 0.5) is 5.69 Å². The Morgan fingerprint density at radius 2 is 2.04 bits per heavy atom. The van der Waals surface area contributed by atoms with Gasteiger partial charge in [-0.1, -0.05) is 12.1 Å². The molecule has 7 nitrogen and oxygen atoms in total. The number of hydrogen-bond donors (Lipinski definition) is 1. The highest BCUT2D eigenvalue weighted by Gasteiger charge is 2.27. The molecule has 28 heavy (non-hydrogen) atoms. The van der Waals surface area contributed by atoms with Crippen LogP contribution < -0.4 is 15.0 Å². The lowest BCUT2D eigenvalue weighted by Gasteiger charge is -2.41. The third-order valence-electron chi connectivity index (χ3n) is 4.94. The number of carbonyl (C=O) groups is 1. The molecule has 144 valence electrons. The van der Waals surface area contributed by atoms with E-state index in [0.29, 0.717) is 24.8 Å². The summed E-state index contributed by atoms with van der Waals surface area (Å²) >= 11 is 0. The van der Waals surface area contributed by atoms with Crippen molar-refractivity contribution in [3.8, 4) is 5.75 Å². The molecule has 1 fully saturated rings. The van der Waals surface area contributed by atoms with E-state index < -0.39 is 0 Å². The van der Waals surface area contributed by atoms with Crippen LogP contribution in [0.2, 0.25) is 0 Å². The Kier molecular flexibility index (Phi) is 5.23. The minimum absolute atomic E-state index is 0.143. The minimum atomic E-state index is -0.143. The Morgan fingerprint density at radius 1 is 1.21 bits per heavy atom. The highest BCUT2D eigenvalue weighted by Crippen LogP contribution is 2.23. The van der Waals surface area contributed by atoms with Gasteiger partial charge in [0.25, 0.3) is 5.91 Å². The topological polar surface area (TPSA) is 72.3 Å². The molecule has 1 N–H and O–H groups in total. The molecule has 0 bridgehead atoms. The molecule has 7 heteroatoms. The van der Waals surface area contributed by atoms with Gasteiger partial charge in [0.15, 0.2) is 5.82 Å². The number of hydrogen-bond acceptors (Lipinski definition) is 5. The van der Waals surface area contributed by atoms with Gasteiger partial charge in [-0.25, -0.2) is 4.98 Å². The zero-order valence-electron chi connectivity index (χ0n) is 15.8. The fourth-order valence-corrected chi connectivity index (χ4v) is 3.39. The van der Waals surface area contributed by atoms with E-state index in [0.717, 1.165) is 24.4 Å². The first kappa shape index (κ1) is 18.0. The Morgan fingerprint density at radius 3 is 2.82 bits per heavy atom. The second kappa shape index (κ2) is 8.12. The molecule has 0 unspecified atom stereocenters. The number of anilines is 1. The number of nitrogens with one attached hydrogen (secondary N) is 1. The molecule has 2 aromatic heterocycles. The van der Waals surface area contributed by atoms with Crippen molar-refractivity contribution in [3.63, 3.8) is 0 Å². The maximum absolute atomic E-state index is 12.6. The zero-order valence-corrected chi connectivity index (χ0v) is 15.8. The number of methoxy groups -OCH3 is 1. The number of rotatable bonds is 7. The van der Waals surface area contributed by atoms with Crippen LogP contribution in [-0.4, -0.2) is 47.2 Å². The van der Waals surface area contributed by atoms with Gasteiger partial charge in [0.1, 0.15) is 5.75 Å². The molecule has 0 saturated carbocycles. The van der Waals surface area contributed by atoms with E-state index in [1.54, 1.807) is 25.7 Å². The summed E-state index contributed by atoms with van der Waals surface area (Å²) in [4.78, 5) is 23.2. The summed E-state index contributed by atoms with van der Waals surface area (Å²) in [5.41, 5.74) is 2.23. The number of pyridine rings is 1. The van der Waals surface area contributed by atoms with Gasteiger partial charge in [-0.3, -0.25) is 9.78 Å². The molecule has 1 amide bonds. The molecule has 0 radical (unpaired) electrons. The van der Waals surface area contributed by atoms with Crippen LogP contribution in [-0.2, 0) is 6.54 Å². The summed E-state index contributed by atoms with van der Waals surface area (Å²) in [5, 5.41) is 3.02. The smallest absolute Gasteiger partial charge is 0.287 e. The Bertz CT molecular complexity index is 935. The number of amides is 1. The predicted molar refractivity (Wildman–Crippen MR) is 107 cm³/mol. The van der Waals surface area contributed by atoms with Crippen LogP contribution >= 0.6 is 0 Å². The van der Waals surface area contributed by atoms with Gasteiger partial charge in [0.2, 0.25) is 0 Å². The Balaban J connectivity index is 1.31. The summed E-state index contributed by atoms with van der Waals surface area (Å²) in [6.07, 6.45) is 7.08. The SMILES string of the molecule is COc1cccc(Cn2ccnc2C(=O)NCC2CN(c3ccncc3)C2)c1. The van der Waals surface area contributed by atoms with Crippen LogP contribution in [0.25, 0.3) is 0 Å². The largest absolute Gasteiger partial charge is 0.497 e. The highest BCUT2D eigenvalue weighted by atomic mass is 16.5.